The fraction of sp³-hybridized carbons (Fsp3) is 0.643. The zero-order valence-electron chi connectivity index (χ0n) is 11.3. The van der Waals surface area contributed by atoms with Gasteiger partial charge in [-0.3, -0.25) is 9.48 Å². The molecule has 6 nitrogen and oxygen atoms in total. The summed E-state index contributed by atoms with van der Waals surface area (Å²) in [6, 6.07) is 1.20. The van der Waals surface area contributed by atoms with E-state index in [0.717, 1.165) is 25.7 Å². The van der Waals surface area contributed by atoms with Crippen LogP contribution in [0.4, 0.5) is 0 Å². The van der Waals surface area contributed by atoms with Gasteiger partial charge in [-0.25, -0.2) is 4.79 Å². The summed E-state index contributed by atoms with van der Waals surface area (Å²) in [7, 11) is 0. The van der Waals surface area contributed by atoms with Crippen LogP contribution in [-0.2, 0) is 16.1 Å². The van der Waals surface area contributed by atoms with Crippen LogP contribution in [0, 0.1) is 5.92 Å². The number of nitrogens with zero attached hydrogens (tertiary/aromatic N) is 3. The molecule has 1 saturated carbocycles. The van der Waals surface area contributed by atoms with Gasteiger partial charge in [-0.15, -0.1) is 0 Å². The number of fused-ring (bicyclic) bond motifs is 1. The van der Waals surface area contributed by atoms with Crippen LogP contribution in [0.2, 0.25) is 0 Å². The fourth-order valence-corrected chi connectivity index (χ4v) is 3.65. The fourth-order valence-electron chi connectivity index (χ4n) is 3.65. The molecule has 1 aromatic rings. The van der Waals surface area contributed by atoms with Crippen molar-refractivity contribution in [2.45, 2.75) is 50.7 Å². The predicted molar refractivity (Wildman–Crippen MR) is 70.9 cm³/mol. The molecule has 20 heavy (non-hydrogen) atoms. The Kier molecular flexibility index (Phi) is 3.46. The molecule has 1 aromatic heterocycles. The molecule has 1 aliphatic heterocycles. The van der Waals surface area contributed by atoms with Gasteiger partial charge >= 0.3 is 5.97 Å². The van der Waals surface area contributed by atoms with Gasteiger partial charge in [0.15, 0.2) is 0 Å². The number of amides is 1. The lowest BCUT2D eigenvalue weighted by atomic mass is 9.85. The van der Waals surface area contributed by atoms with Gasteiger partial charge in [0, 0.05) is 18.4 Å². The first-order chi connectivity index (χ1) is 9.66. The lowest BCUT2D eigenvalue weighted by molar-refractivity contribution is -0.150. The van der Waals surface area contributed by atoms with Gasteiger partial charge < -0.3 is 10.0 Å². The molecule has 0 radical (unpaired) electrons. The van der Waals surface area contributed by atoms with Crippen LogP contribution in [0.5, 0.6) is 0 Å². The van der Waals surface area contributed by atoms with Crippen molar-refractivity contribution in [2.24, 2.45) is 5.92 Å². The zero-order valence-corrected chi connectivity index (χ0v) is 11.3. The van der Waals surface area contributed by atoms with E-state index in [2.05, 4.69) is 5.10 Å². The van der Waals surface area contributed by atoms with E-state index in [-0.39, 0.29) is 18.5 Å². The van der Waals surface area contributed by atoms with Crippen molar-refractivity contribution in [3.05, 3.63) is 18.5 Å². The highest BCUT2D eigenvalue weighted by Gasteiger charge is 2.47. The van der Waals surface area contributed by atoms with Gasteiger partial charge in [0.2, 0.25) is 5.91 Å². The number of likely N-dealkylation sites (tertiary alicyclic amines) is 1. The van der Waals surface area contributed by atoms with E-state index in [9.17, 15) is 14.7 Å². The monoisotopic (exact) mass is 277 g/mol. The molecule has 2 aliphatic rings. The Morgan fingerprint density at radius 2 is 2.10 bits per heavy atom. The average molecular weight is 277 g/mol. The van der Waals surface area contributed by atoms with Crippen LogP contribution in [0.15, 0.2) is 18.5 Å². The number of hydrogen-bond donors (Lipinski definition) is 1. The van der Waals surface area contributed by atoms with Crippen molar-refractivity contribution in [3.8, 4) is 0 Å². The van der Waals surface area contributed by atoms with Crippen molar-refractivity contribution in [1.29, 1.82) is 0 Å². The Labute approximate surface area is 117 Å². The second-order valence-corrected chi connectivity index (χ2v) is 5.71. The van der Waals surface area contributed by atoms with Gasteiger partial charge in [0.25, 0.3) is 0 Å². The second-order valence-electron chi connectivity index (χ2n) is 5.71. The van der Waals surface area contributed by atoms with Gasteiger partial charge in [0.05, 0.1) is 0 Å². The second kappa shape index (κ2) is 5.26. The smallest absolute Gasteiger partial charge is 0.326 e. The third-order valence-electron chi connectivity index (χ3n) is 4.52. The van der Waals surface area contributed by atoms with Gasteiger partial charge in [-0.05, 0) is 31.2 Å². The Morgan fingerprint density at radius 3 is 2.80 bits per heavy atom. The number of hydrogen-bond acceptors (Lipinski definition) is 3. The summed E-state index contributed by atoms with van der Waals surface area (Å²) >= 11 is 0. The van der Waals surface area contributed by atoms with Gasteiger partial charge in [-0.1, -0.05) is 12.8 Å². The highest BCUT2D eigenvalue weighted by atomic mass is 16.4. The van der Waals surface area contributed by atoms with E-state index < -0.39 is 12.0 Å². The molecule has 1 N–H and O–H groups in total. The lowest BCUT2D eigenvalue weighted by Gasteiger charge is -2.33. The highest BCUT2D eigenvalue weighted by Crippen LogP contribution is 2.39. The Balaban J connectivity index is 1.79. The minimum Gasteiger partial charge on any atom is -0.480 e. The van der Waals surface area contributed by atoms with Crippen LogP contribution >= 0.6 is 0 Å². The van der Waals surface area contributed by atoms with E-state index in [1.807, 2.05) is 0 Å². The molecule has 0 spiro atoms. The third-order valence-corrected chi connectivity index (χ3v) is 4.52. The molecule has 1 saturated heterocycles. The van der Waals surface area contributed by atoms with Crippen LogP contribution in [0.25, 0.3) is 0 Å². The number of carbonyl (C=O) groups is 2. The first-order valence-electron chi connectivity index (χ1n) is 7.18. The third kappa shape index (κ3) is 2.30. The topological polar surface area (TPSA) is 75.4 Å². The Bertz CT molecular complexity index is 500. The average Bonchev–Trinajstić information content (AvgIpc) is 3.04. The quantitative estimate of drug-likeness (QED) is 0.898. The molecule has 0 aromatic carbocycles. The molecule has 2 heterocycles. The van der Waals surface area contributed by atoms with Crippen LogP contribution in [-0.4, -0.2) is 43.7 Å². The summed E-state index contributed by atoms with van der Waals surface area (Å²) in [5, 5.41) is 13.4. The molecule has 1 aliphatic carbocycles. The number of aromatic nitrogens is 2. The Hall–Kier alpha value is -1.85. The summed E-state index contributed by atoms with van der Waals surface area (Å²) in [6.07, 6.45) is 8.15. The molecule has 0 bridgehead atoms. The van der Waals surface area contributed by atoms with Crippen molar-refractivity contribution < 1.29 is 14.7 Å². The number of rotatable bonds is 3. The molecule has 1 amide bonds. The SMILES string of the molecule is O=C(O)[C@@H]1C[C@@H]2CCCC[C@H]2N1C(=O)Cn1cccn1. The molecular formula is C14H19N3O3. The maximum Gasteiger partial charge on any atom is 0.326 e. The molecule has 108 valence electrons. The van der Waals surface area contributed by atoms with Crippen LogP contribution in [0.3, 0.4) is 0 Å². The van der Waals surface area contributed by atoms with Gasteiger partial charge in [-0.2, -0.15) is 5.10 Å². The van der Waals surface area contributed by atoms with Crippen LogP contribution in [0.1, 0.15) is 32.1 Å². The molecular weight excluding hydrogens is 258 g/mol. The summed E-state index contributed by atoms with van der Waals surface area (Å²) in [5.41, 5.74) is 0. The van der Waals surface area contributed by atoms with Crippen molar-refractivity contribution in [1.82, 2.24) is 14.7 Å². The van der Waals surface area contributed by atoms with Crippen molar-refractivity contribution in [2.75, 3.05) is 0 Å². The number of carboxylic acid groups (broad SMARTS) is 1. The summed E-state index contributed by atoms with van der Waals surface area (Å²) in [6.45, 7) is 0.125. The summed E-state index contributed by atoms with van der Waals surface area (Å²) < 4.78 is 1.55. The maximum atomic E-state index is 12.5. The lowest BCUT2D eigenvalue weighted by Crippen LogP contribution is -2.47. The standard InChI is InChI=1S/C14H19N3O3/c18-13(9-16-7-3-6-15-16)17-11-5-2-1-4-10(11)8-12(17)14(19)20/h3,6-7,10-12H,1-2,4-5,8-9H2,(H,19,20)/t10-,11+,12-/m0/s1. The van der Waals surface area contributed by atoms with E-state index >= 15 is 0 Å². The summed E-state index contributed by atoms with van der Waals surface area (Å²) in [4.78, 5) is 25.5. The predicted octanol–water partition coefficient (Wildman–Crippen LogP) is 1.13. The number of aliphatic carboxylic acids is 1. The highest BCUT2D eigenvalue weighted by molar-refractivity contribution is 5.84. The van der Waals surface area contributed by atoms with Crippen LogP contribution < -0.4 is 0 Å². The maximum absolute atomic E-state index is 12.5. The normalized spacial score (nSPS) is 29.2. The minimum atomic E-state index is -0.881. The Morgan fingerprint density at radius 1 is 1.30 bits per heavy atom. The van der Waals surface area contributed by atoms with E-state index in [4.69, 9.17) is 0 Å². The summed E-state index contributed by atoms with van der Waals surface area (Å²) in [5.74, 6) is -0.657. The largest absolute Gasteiger partial charge is 0.480 e. The zero-order chi connectivity index (χ0) is 14.1. The van der Waals surface area contributed by atoms with Crippen molar-refractivity contribution >= 4 is 11.9 Å². The van der Waals surface area contributed by atoms with E-state index in [1.54, 1.807) is 28.0 Å². The number of carbonyl (C=O) groups excluding carboxylic acids is 1. The van der Waals surface area contributed by atoms with E-state index in [0.29, 0.717) is 12.3 Å². The molecule has 3 rings (SSSR count). The number of carboxylic acids is 1. The van der Waals surface area contributed by atoms with E-state index in [1.165, 1.54) is 0 Å². The molecule has 3 atom stereocenters. The molecule has 6 heteroatoms. The molecule has 0 unspecified atom stereocenters. The molecule has 2 fully saturated rings. The first kappa shape index (κ1) is 13.1. The first-order valence-corrected chi connectivity index (χ1v) is 7.18. The van der Waals surface area contributed by atoms with Gasteiger partial charge in [0.1, 0.15) is 12.6 Å². The minimum absolute atomic E-state index is 0.105. The van der Waals surface area contributed by atoms with Crippen molar-refractivity contribution in [3.63, 3.8) is 0 Å².